The second kappa shape index (κ2) is 6.67. The first kappa shape index (κ1) is 15.4. The number of benzene rings is 1. The predicted molar refractivity (Wildman–Crippen MR) is 78.7 cm³/mol. The van der Waals surface area contributed by atoms with Gasteiger partial charge in [-0.25, -0.2) is 8.42 Å². The van der Waals surface area contributed by atoms with Crippen LogP contribution in [0.2, 0.25) is 0 Å². The zero-order chi connectivity index (χ0) is 14.6. The van der Waals surface area contributed by atoms with E-state index in [1.165, 1.54) is 0 Å². The zero-order valence-corrected chi connectivity index (χ0v) is 12.6. The van der Waals surface area contributed by atoms with Gasteiger partial charge in [-0.15, -0.1) is 0 Å². The van der Waals surface area contributed by atoms with Crippen molar-refractivity contribution in [2.24, 2.45) is 0 Å². The predicted octanol–water partition coefficient (Wildman–Crippen LogP) is 0.646. The fraction of sp³-hybridized carbons (Fsp3) is 0.571. The number of hydrogen-bond acceptors (Lipinski definition) is 4. The van der Waals surface area contributed by atoms with Crippen LogP contribution < -0.4 is 0 Å². The highest BCUT2D eigenvalue weighted by Gasteiger charge is 2.26. The number of likely N-dealkylation sites (N-methyl/N-ethyl adjacent to an activating group) is 1. The van der Waals surface area contributed by atoms with E-state index in [9.17, 15) is 8.42 Å². The summed E-state index contributed by atoms with van der Waals surface area (Å²) >= 11 is 0. The van der Waals surface area contributed by atoms with Gasteiger partial charge >= 0.3 is 0 Å². The Labute approximate surface area is 120 Å². The van der Waals surface area contributed by atoms with Crippen LogP contribution in [0.25, 0.3) is 0 Å². The van der Waals surface area contributed by atoms with Crippen LogP contribution in [0.5, 0.6) is 0 Å². The third-order valence-corrected chi connectivity index (χ3v) is 5.58. The number of nitrogens with zero attached hydrogens (tertiary/aromatic N) is 2. The van der Waals surface area contributed by atoms with Crippen molar-refractivity contribution in [3.8, 4) is 0 Å². The van der Waals surface area contributed by atoms with E-state index in [0.717, 1.165) is 30.8 Å². The van der Waals surface area contributed by atoms with Crippen LogP contribution in [0.3, 0.4) is 0 Å². The Balaban J connectivity index is 2.00. The second-order valence-corrected chi connectivity index (χ2v) is 7.03. The molecule has 112 valence electrons. The molecule has 1 N–H and O–H groups in total. The van der Waals surface area contributed by atoms with Gasteiger partial charge in [0.1, 0.15) is 0 Å². The molecule has 0 atom stereocenters. The Morgan fingerprint density at radius 1 is 1.05 bits per heavy atom. The molecule has 0 unspecified atom stereocenters. The lowest BCUT2D eigenvalue weighted by Gasteiger charge is -2.33. The van der Waals surface area contributed by atoms with Gasteiger partial charge in [0.2, 0.25) is 10.0 Å². The Bertz CT molecular complexity index is 520. The van der Waals surface area contributed by atoms with E-state index >= 15 is 0 Å². The minimum atomic E-state index is -3.24. The summed E-state index contributed by atoms with van der Waals surface area (Å²) < 4.78 is 26.3. The number of hydrogen-bond donors (Lipinski definition) is 1. The van der Waals surface area contributed by atoms with E-state index in [4.69, 9.17) is 5.11 Å². The van der Waals surface area contributed by atoms with Crippen LogP contribution in [-0.4, -0.2) is 55.5 Å². The quantitative estimate of drug-likeness (QED) is 0.867. The molecule has 0 bridgehead atoms. The standard InChI is InChI=1S/C14H22N2O3S/c1-2-15-7-9-16(10-8-15)20(18,19)12-14-5-3-13(11-17)4-6-14/h3-6,17H,2,7-12H2,1H3. The third kappa shape index (κ3) is 3.79. The fourth-order valence-electron chi connectivity index (χ4n) is 2.37. The highest BCUT2D eigenvalue weighted by molar-refractivity contribution is 7.88. The molecule has 5 nitrogen and oxygen atoms in total. The van der Waals surface area contributed by atoms with Crippen LogP contribution >= 0.6 is 0 Å². The average Bonchev–Trinajstić information content (AvgIpc) is 2.48. The van der Waals surface area contributed by atoms with Gasteiger partial charge in [-0.2, -0.15) is 4.31 Å². The highest BCUT2D eigenvalue weighted by atomic mass is 32.2. The molecule has 1 heterocycles. The maximum Gasteiger partial charge on any atom is 0.218 e. The van der Waals surface area contributed by atoms with Crippen molar-refractivity contribution < 1.29 is 13.5 Å². The van der Waals surface area contributed by atoms with Gasteiger partial charge in [0, 0.05) is 26.2 Å². The van der Waals surface area contributed by atoms with E-state index in [1.54, 1.807) is 28.6 Å². The summed E-state index contributed by atoms with van der Waals surface area (Å²) in [6, 6.07) is 7.07. The van der Waals surface area contributed by atoms with Crippen LogP contribution in [0, 0.1) is 0 Å². The van der Waals surface area contributed by atoms with Crippen LogP contribution in [0.1, 0.15) is 18.1 Å². The number of sulfonamides is 1. The minimum absolute atomic E-state index is 0.0218. The zero-order valence-electron chi connectivity index (χ0n) is 11.8. The van der Waals surface area contributed by atoms with Crippen LogP contribution in [0.15, 0.2) is 24.3 Å². The largest absolute Gasteiger partial charge is 0.392 e. The van der Waals surface area contributed by atoms with Crippen molar-refractivity contribution in [2.45, 2.75) is 19.3 Å². The summed E-state index contributed by atoms with van der Waals surface area (Å²) in [6.07, 6.45) is 0. The molecule has 0 radical (unpaired) electrons. The third-order valence-electron chi connectivity index (χ3n) is 3.73. The summed E-state index contributed by atoms with van der Waals surface area (Å²) in [7, 11) is -3.24. The molecule has 6 heteroatoms. The average molecular weight is 298 g/mol. The van der Waals surface area contributed by atoms with Gasteiger partial charge < -0.3 is 10.0 Å². The van der Waals surface area contributed by atoms with E-state index in [0.29, 0.717) is 13.1 Å². The molecule has 0 spiro atoms. The molecule has 0 aromatic heterocycles. The van der Waals surface area contributed by atoms with Gasteiger partial charge in [0.25, 0.3) is 0 Å². The number of rotatable bonds is 5. The summed E-state index contributed by atoms with van der Waals surface area (Å²) in [5, 5.41) is 8.98. The van der Waals surface area contributed by atoms with E-state index in [2.05, 4.69) is 11.8 Å². The molecule has 1 fully saturated rings. The lowest BCUT2D eigenvalue weighted by atomic mass is 10.2. The van der Waals surface area contributed by atoms with Crippen molar-refractivity contribution in [3.63, 3.8) is 0 Å². The van der Waals surface area contributed by atoms with Gasteiger partial charge in [0.15, 0.2) is 0 Å². The monoisotopic (exact) mass is 298 g/mol. The van der Waals surface area contributed by atoms with Crippen molar-refractivity contribution in [3.05, 3.63) is 35.4 Å². The lowest BCUT2D eigenvalue weighted by molar-refractivity contribution is 0.196. The maximum atomic E-state index is 12.4. The molecule has 0 saturated carbocycles. The molecule has 2 rings (SSSR count). The Morgan fingerprint density at radius 2 is 1.60 bits per heavy atom. The molecule has 20 heavy (non-hydrogen) atoms. The smallest absolute Gasteiger partial charge is 0.218 e. The molecule has 1 aliphatic heterocycles. The van der Waals surface area contributed by atoms with Crippen molar-refractivity contribution in [2.75, 3.05) is 32.7 Å². The van der Waals surface area contributed by atoms with E-state index in [1.807, 2.05) is 0 Å². The molecule has 0 amide bonds. The number of aliphatic hydroxyl groups excluding tert-OH is 1. The minimum Gasteiger partial charge on any atom is -0.392 e. The first-order valence-corrected chi connectivity index (χ1v) is 8.55. The molecule has 1 saturated heterocycles. The summed E-state index contributed by atoms with van der Waals surface area (Å²) in [5.41, 5.74) is 1.56. The molecular weight excluding hydrogens is 276 g/mol. The van der Waals surface area contributed by atoms with Gasteiger partial charge in [0.05, 0.1) is 12.4 Å². The first-order valence-electron chi connectivity index (χ1n) is 6.94. The van der Waals surface area contributed by atoms with E-state index in [-0.39, 0.29) is 12.4 Å². The summed E-state index contributed by atoms with van der Waals surface area (Å²) in [5.74, 6) is 0.0326. The normalized spacial score (nSPS) is 18.3. The Hall–Kier alpha value is -0.950. The van der Waals surface area contributed by atoms with Crippen LogP contribution in [0.4, 0.5) is 0 Å². The highest BCUT2D eigenvalue weighted by Crippen LogP contribution is 2.14. The molecule has 0 aliphatic carbocycles. The second-order valence-electron chi connectivity index (χ2n) is 5.06. The molecule has 1 aromatic rings. The summed E-state index contributed by atoms with van der Waals surface area (Å²) in [6.45, 7) is 5.80. The molecular formula is C14H22N2O3S. The Kier molecular flexibility index (Phi) is 5.15. The fourth-order valence-corrected chi connectivity index (χ4v) is 3.88. The SMILES string of the molecule is CCN1CCN(S(=O)(=O)Cc2ccc(CO)cc2)CC1. The van der Waals surface area contributed by atoms with E-state index < -0.39 is 10.0 Å². The van der Waals surface area contributed by atoms with Crippen molar-refractivity contribution in [1.82, 2.24) is 9.21 Å². The number of aliphatic hydroxyl groups is 1. The summed E-state index contributed by atoms with van der Waals surface area (Å²) in [4.78, 5) is 2.25. The molecule has 1 aliphatic rings. The van der Waals surface area contributed by atoms with Crippen molar-refractivity contribution in [1.29, 1.82) is 0 Å². The molecule has 1 aromatic carbocycles. The van der Waals surface area contributed by atoms with Gasteiger partial charge in [-0.05, 0) is 17.7 Å². The number of piperazine rings is 1. The Morgan fingerprint density at radius 3 is 2.10 bits per heavy atom. The van der Waals surface area contributed by atoms with Gasteiger partial charge in [-0.3, -0.25) is 0 Å². The lowest BCUT2D eigenvalue weighted by Crippen LogP contribution is -2.48. The first-order chi connectivity index (χ1) is 9.55. The van der Waals surface area contributed by atoms with Crippen molar-refractivity contribution >= 4 is 10.0 Å². The maximum absolute atomic E-state index is 12.4. The van der Waals surface area contributed by atoms with Gasteiger partial charge in [-0.1, -0.05) is 31.2 Å². The van der Waals surface area contributed by atoms with Crippen LogP contribution in [-0.2, 0) is 22.4 Å². The topological polar surface area (TPSA) is 60.9 Å².